The van der Waals surface area contributed by atoms with Crippen molar-refractivity contribution in [3.05, 3.63) is 89.5 Å². The van der Waals surface area contributed by atoms with Gasteiger partial charge in [0.2, 0.25) is 0 Å². The lowest BCUT2D eigenvalue weighted by atomic mass is 10.1. The van der Waals surface area contributed by atoms with E-state index in [2.05, 4.69) is 0 Å². The van der Waals surface area contributed by atoms with E-state index in [-0.39, 0.29) is 0 Å². The van der Waals surface area contributed by atoms with Crippen molar-refractivity contribution < 1.29 is 36.7 Å². The van der Waals surface area contributed by atoms with Crippen LogP contribution in [0.5, 0.6) is 0 Å². The van der Waals surface area contributed by atoms with Crippen LogP contribution in [-0.2, 0) is 3.74 Å². The van der Waals surface area contributed by atoms with Gasteiger partial charge in [0.05, 0.1) is 20.0 Å². The van der Waals surface area contributed by atoms with Gasteiger partial charge in [-0.2, -0.15) is 14.0 Å². The summed E-state index contributed by atoms with van der Waals surface area (Å²) < 4.78 is 64.6. The van der Waals surface area contributed by atoms with Gasteiger partial charge in [0.1, 0.15) is 26.1 Å². The molecular formula is C17H11ClF2O4S. The van der Waals surface area contributed by atoms with E-state index in [1.165, 1.54) is 48.5 Å². The van der Waals surface area contributed by atoms with E-state index in [9.17, 15) is 22.8 Å². The molecule has 3 rings (SSSR count). The van der Waals surface area contributed by atoms with Gasteiger partial charge in [-0.1, -0.05) is 30.3 Å². The van der Waals surface area contributed by atoms with Crippen molar-refractivity contribution in [3.8, 4) is 0 Å². The molecule has 2 aromatic carbocycles. The van der Waals surface area contributed by atoms with Gasteiger partial charge in [0.25, 0.3) is 0 Å². The minimum absolute atomic E-state index is 0.397. The molecule has 4 nitrogen and oxygen atoms in total. The van der Waals surface area contributed by atoms with Gasteiger partial charge in [-0.15, -0.1) is 0 Å². The van der Waals surface area contributed by atoms with Crippen molar-refractivity contribution in [3.63, 3.8) is 0 Å². The Bertz CT molecular complexity index is 869. The molecule has 0 aromatic heterocycles. The molecule has 130 valence electrons. The second kappa shape index (κ2) is 7.17. The Morgan fingerprint density at radius 3 is 1.84 bits per heavy atom. The van der Waals surface area contributed by atoms with E-state index in [1.807, 2.05) is 0 Å². The van der Waals surface area contributed by atoms with E-state index in [4.69, 9.17) is 3.74 Å². The number of hydrogen-bond acceptors (Lipinski definition) is 4. The van der Waals surface area contributed by atoms with E-state index < -0.39 is 32.6 Å². The van der Waals surface area contributed by atoms with E-state index >= 15 is 0 Å². The number of allylic oxidation sites excluding steroid dienone is 3. The molecule has 0 amide bonds. The van der Waals surface area contributed by atoms with Gasteiger partial charge < -0.3 is 0 Å². The molecule has 1 heterocycles. The van der Waals surface area contributed by atoms with Crippen LogP contribution >= 0.6 is 10.8 Å². The number of benzene rings is 2. The first-order valence-corrected chi connectivity index (χ1v) is 9.34. The summed E-state index contributed by atoms with van der Waals surface area (Å²) in [6.45, 7) is 0. The highest BCUT2D eigenvalue weighted by molar-refractivity contribution is 8.20. The van der Waals surface area contributed by atoms with Crippen LogP contribution in [0.4, 0.5) is 8.78 Å². The fraction of sp³-hybridized carbons (Fsp3) is 0. The fourth-order valence-corrected chi connectivity index (χ4v) is 4.75. The Hall–Kier alpha value is -1.87. The lowest BCUT2D eigenvalue weighted by Gasteiger charge is -2.19. The first-order valence-electron chi connectivity index (χ1n) is 6.96. The smallest absolute Gasteiger partial charge is 0.148 e. The molecule has 0 saturated carbocycles. The maximum absolute atomic E-state index is 13.2. The van der Waals surface area contributed by atoms with Crippen LogP contribution in [-0.4, -0.2) is 4.86 Å². The predicted octanol–water partition coefficient (Wildman–Crippen LogP) is 1.19. The second-order valence-corrected chi connectivity index (χ2v) is 7.65. The molecule has 0 fully saturated rings. The molecule has 1 unspecified atom stereocenters. The van der Waals surface area contributed by atoms with Crippen LogP contribution < -0.4 is 14.0 Å². The summed E-state index contributed by atoms with van der Waals surface area (Å²) in [5.74, 6) is -0.900. The Morgan fingerprint density at radius 1 is 0.800 bits per heavy atom. The Balaban J connectivity index is 2.14. The third kappa shape index (κ3) is 4.40. The van der Waals surface area contributed by atoms with Crippen molar-refractivity contribution in [1.82, 2.24) is 0 Å². The van der Waals surface area contributed by atoms with Gasteiger partial charge in [-0.25, -0.2) is 8.78 Å². The second-order valence-electron chi connectivity index (χ2n) is 4.98. The standard InChI is InChI=1S/C17H11ClF2O4S/c19-14-8-4-12(5-9-14)16-2-1-3-17(25(16)24-18(21,22)23)13-6-10-15(20)11-7-13/h1-11H. The molecule has 1 aliphatic heterocycles. The van der Waals surface area contributed by atoms with E-state index in [0.29, 0.717) is 20.9 Å². The number of halogens is 3. The maximum atomic E-state index is 13.2. The zero-order valence-corrected chi connectivity index (χ0v) is 14.1. The van der Waals surface area contributed by atoms with Crippen LogP contribution in [0.3, 0.4) is 0 Å². The summed E-state index contributed by atoms with van der Waals surface area (Å²) in [6.07, 6.45) is 4.83. The molecule has 0 spiro atoms. The van der Waals surface area contributed by atoms with E-state index in [0.717, 1.165) is 0 Å². The Kier molecular flexibility index (Phi) is 5.14. The summed E-state index contributed by atoms with van der Waals surface area (Å²) in [7, 11) is -6.28. The molecule has 25 heavy (non-hydrogen) atoms. The van der Waals surface area contributed by atoms with Crippen LogP contribution in [0, 0.1) is 21.9 Å². The summed E-state index contributed by atoms with van der Waals surface area (Å²) in [6, 6.07) is 10.7. The van der Waals surface area contributed by atoms with Gasteiger partial charge >= 0.3 is 0 Å². The minimum atomic E-state index is -4.71. The van der Waals surface area contributed by atoms with Gasteiger partial charge in [-0.05, 0) is 47.5 Å². The Morgan fingerprint density at radius 2 is 1.32 bits per heavy atom. The van der Waals surface area contributed by atoms with Crippen molar-refractivity contribution in [1.29, 1.82) is 0 Å². The third-order valence-corrected chi connectivity index (χ3v) is 5.96. The molecule has 0 aliphatic carbocycles. The minimum Gasteiger partial charge on any atom is -0.207 e. The average molecular weight is 385 g/mol. The topological polar surface area (TPSA) is 78.4 Å². The fourth-order valence-electron chi connectivity index (χ4n) is 2.24. The SMILES string of the molecule is [O-][Cl+3]([O-])([O-])OS1=C(c2ccc(F)cc2)C=CC=C1c1ccc(F)cc1. The van der Waals surface area contributed by atoms with Crippen LogP contribution in [0.2, 0.25) is 0 Å². The molecular weight excluding hydrogens is 374 g/mol. The van der Waals surface area contributed by atoms with Crippen LogP contribution in [0.1, 0.15) is 11.1 Å². The van der Waals surface area contributed by atoms with Crippen molar-refractivity contribution in [2.75, 3.05) is 0 Å². The Labute approximate surface area is 147 Å². The molecule has 0 N–H and O–H groups in total. The monoisotopic (exact) mass is 384 g/mol. The molecule has 1 atom stereocenters. The van der Waals surface area contributed by atoms with Gasteiger partial charge in [0, 0.05) is 0 Å². The zero-order chi connectivity index (χ0) is 18.0. The maximum Gasteiger partial charge on any atom is 0.148 e. The summed E-state index contributed by atoms with van der Waals surface area (Å²) in [4.78, 5) is 0.794. The molecule has 0 bridgehead atoms. The van der Waals surface area contributed by atoms with Crippen LogP contribution in [0.25, 0.3) is 4.91 Å². The molecule has 0 saturated heterocycles. The highest BCUT2D eigenvalue weighted by Crippen LogP contribution is 2.41. The summed E-state index contributed by atoms with van der Waals surface area (Å²) in [5, 5.41) is 0. The molecule has 2 aromatic rings. The quantitative estimate of drug-likeness (QED) is 0.742. The van der Waals surface area contributed by atoms with Crippen molar-refractivity contribution in [2.45, 2.75) is 0 Å². The van der Waals surface area contributed by atoms with Crippen molar-refractivity contribution >= 4 is 20.5 Å². The van der Waals surface area contributed by atoms with Crippen LogP contribution in [0.15, 0.2) is 66.8 Å². The lowest BCUT2D eigenvalue weighted by molar-refractivity contribution is -1.91. The first-order chi connectivity index (χ1) is 11.8. The number of hydrogen-bond donors (Lipinski definition) is 0. The zero-order valence-electron chi connectivity index (χ0n) is 12.5. The highest BCUT2D eigenvalue weighted by Gasteiger charge is 2.30. The van der Waals surface area contributed by atoms with Crippen molar-refractivity contribution in [2.24, 2.45) is 0 Å². The summed E-state index contributed by atoms with van der Waals surface area (Å²) >= 11 is 0. The average Bonchev–Trinajstić information content (AvgIpc) is 2.55. The highest BCUT2D eigenvalue weighted by atomic mass is 35.7. The lowest BCUT2D eigenvalue weighted by Crippen LogP contribution is -2.60. The third-order valence-electron chi connectivity index (χ3n) is 3.29. The summed E-state index contributed by atoms with van der Waals surface area (Å²) in [5.41, 5.74) is 1.01. The first kappa shape index (κ1) is 17.9. The van der Waals surface area contributed by atoms with E-state index in [1.54, 1.807) is 18.2 Å². The molecule has 8 heteroatoms. The van der Waals surface area contributed by atoms with Gasteiger partial charge in [0.15, 0.2) is 0 Å². The van der Waals surface area contributed by atoms with Gasteiger partial charge in [-0.3, -0.25) is 0 Å². The largest absolute Gasteiger partial charge is 0.207 e. The normalized spacial score (nSPS) is 17.6. The number of rotatable bonds is 4. The molecule has 1 aliphatic rings. The predicted molar refractivity (Wildman–Crippen MR) is 82.7 cm³/mol. The molecule has 0 radical (unpaired) electrons.